The van der Waals surface area contributed by atoms with Gasteiger partial charge in [-0.15, -0.1) is 11.8 Å². The van der Waals surface area contributed by atoms with Gasteiger partial charge < -0.3 is 10.2 Å². The van der Waals surface area contributed by atoms with Gasteiger partial charge in [-0.25, -0.2) is 4.39 Å². The molecule has 0 aliphatic rings. The normalized spacial score (nSPS) is 11.7. The molecule has 0 heterocycles. The van der Waals surface area contributed by atoms with Gasteiger partial charge in [0, 0.05) is 23.9 Å². The summed E-state index contributed by atoms with van der Waals surface area (Å²) < 4.78 is 13.9. The van der Waals surface area contributed by atoms with Crippen LogP contribution in [0, 0.1) is 5.82 Å². The van der Waals surface area contributed by atoms with Crippen molar-refractivity contribution in [3.05, 3.63) is 70.5 Å². The highest BCUT2D eigenvalue weighted by molar-refractivity contribution is 7.99. The highest BCUT2D eigenvalue weighted by Gasteiger charge is 2.28. The van der Waals surface area contributed by atoms with Gasteiger partial charge in [-0.1, -0.05) is 68.3 Å². The van der Waals surface area contributed by atoms with E-state index in [2.05, 4.69) is 12.2 Å². The second-order valence-electron chi connectivity index (χ2n) is 7.27. The van der Waals surface area contributed by atoms with E-state index in [1.54, 1.807) is 29.2 Å². The van der Waals surface area contributed by atoms with Crippen LogP contribution >= 0.6 is 23.4 Å². The third-order valence-electron chi connectivity index (χ3n) is 4.95. The predicted octanol–water partition coefficient (Wildman–Crippen LogP) is 5.44. The summed E-state index contributed by atoms with van der Waals surface area (Å²) in [5.74, 6) is -0.0682. The minimum atomic E-state index is -0.588. The van der Waals surface area contributed by atoms with Gasteiger partial charge in [0.25, 0.3) is 0 Å². The predicted molar refractivity (Wildman–Crippen MR) is 127 cm³/mol. The molecule has 0 radical (unpaired) electrons. The zero-order valence-corrected chi connectivity index (χ0v) is 19.6. The van der Waals surface area contributed by atoms with Gasteiger partial charge in [0.2, 0.25) is 11.8 Å². The standard InChI is InChI=1S/C24H30ClFN2O2S/c1-3-5-14-27-24(30)22(4-2)28(15-18-10-6-8-12-20(18)25)23(29)17-31-16-19-11-7-9-13-21(19)26/h6-13,22H,3-5,14-17H2,1-2H3,(H,27,30)/t22-/m1/s1. The Morgan fingerprint density at radius 3 is 2.42 bits per heavy atom. The van der Waals surface area contributed by atoms with Crippen molar-refractivity contribution in [2.45, 2.75) is 51.4 Å². The van der Waals surface area contributed by atoms with Crippen LogP contribution in [-0.4, -0.2) is 35.1 Å². The number of benzene rings is 2. The molecule has 0 aromatic heterocycles. The van der Waals surface area contributed by atoms with E-state index in [-0.39, 0.29) is 29.9 Å². The molecule has 2 amide bonds. The molecule has 31 heavy (non-hydrogen) atoms. The van der Waals surface area contributed by atoms with E-state index in [9.17, 15) is 14.0 Å². The summed E-state index contributed by atoms with van der Waals surface area (Å²) in [5.41, 5.74) is 1.35. The second kappa shape index (κ2) is 13.4. The van der Waals surface area contributed by atoms with Crippen molar-refractivity contribution < 1.29 is 14.0 Å². The average Bonchev–Trinajstić information content (AvgIpc) is 2.76. The largest absolute Gasteiger partial charge is 0.354 e. The molecule has 7 heteroatoms. The fourth-order valence-corrected chi connectivity index (χ4v) is 4.27. The lowest BCUT2D eigenvalue weighted by Gasteiger charge is -2.31. The molecule has 0 fully saturated rings. The maximum absolute atomic E-state index is 13.9. The van der Waals surface area contributed by atoms with Crippen molar-refractivity contribution in [3.63, 3.8) is 0 Å². The number of rotatable bonds is 12. The van der Waals surface area contributed by atoms with Gasteiger partial charge in [-0.3, -0.25) is 9.59 Å². The number of thioether (sulfide) groups is 1. The maximum atomic E-state index is 13.9. The zero-order valence-electron chi connectivity index (χ0n) is 18.1. The van der Waals surface area contributed by atoms with Crippen LogP contribution in [0.1, 0.15) is 44.2 Å². The molecule has 168 valence electrons. The van der Waals surface area contributed by atoms with Crippen molar-refractivity contribution in [3.8, 4) is 0 Å². The number of nitrogens with one attached hydrogen (secondary N) is 1. The monoisotopic (exact) mass is 464 g/mol. The van der Waals surface area contributed by atoms with Crippen molar-refractivity contribution in [2.24, 2.45) is 0 Å². The molecule has 0 saturated carbocycles. The topological polar surface area (TPSA) is 49.4 Å². The van der Waals surface area contributed by atoms with E-state index < -0.39 is 6.04 Å². The lowest BCUT2D eigenvalue weighted by atomic mass is 10.1. The van der Waals surface area contributed by atoms with Gasteiger partial charge >= 0.3 is 0 Å². The first-order chi connectivity index (χ1) is 15.0. The summed E-state index contributed by atoms with van der Waals surface area (Å²) in [6.07, 6.45) is 2.36. The Labute approximate surface area is 193 Å². The minimum absolute atomic E-state index is 0.150. The quantitative estimate of drug-likeness (QED) is 0.426. The van der Waals surface area contributed by atoms with E-state index in [0.717, 1.165) is 18.4 Å². The van der Waals surface area contributed by atoms with E-state index in [1.165, 1.54) is 17.8 Å². The Hall–Kier alpha value is -2.05. The van der Waals surface area contributed by atoms with Gasteiger partial charge in [-0.2, -0.15) is 0 Å². The number of amides is 2. The molecule has 0 aliphatic carbocycles. The van der Waals surface area contributed by atoms with Crippen LogP contribution in [0.4, 0.5) is 4.39 Å². The molecule has 2 aromatic carbocycles. The first kappa shape index (κ1) is 25.2. The van der Waals surface area contributed by atoms with Gasteiger partial charge in [0.1, 0.15) is 11.9 Å². The van der Waals surface area contributed by atoms with Crippen molar-refractivity contribution in [1.29, 1.82) is 0 Å². The van der Waals surface area contributed by atoms with Crippen LogP contribution in [0.3, 0.4) is 0 Å². The maximum Gasteiger partial charge on any atom is 0.242 e. The fourth-order valence-electron chi connectivity index (χ4n) is 3.18. The summed E-state index contributed by atoms with van der Waals surface area (Å²) in [5, 5.41) is 3.49. The third-order valence-corrected chi connectivity index (χ3v) is 6.29. The lowest BCUT2D eigenvalue weighted by Crippen LogP contribution is -2.49. The van der Waals surface area contributed by atoms with Gasteiger partial charge in [0.05, 0.1) is 5.75 Å². The van der Waals surface area contributed by atoms with Crippen LogP contribution in [-0.2, 0) is 21.9 Å². The number of unbranched alkanes of at least 4 members (excludes halogenated alkanes) is 1. The summed E-state index contributed by atoms with van der Waals surface area (Å²) in [6, 6.07) is 13.3. The summed E-state index contributed by atoms with van der Waals surface area (Å²) in [7, 11) is 0. The highest BCUT2D eigenvalue weighted by atomic mass is 35.5. The van der Waals surface area contributed by atoms with Gasteiger partial charge in [-0.05, 0) is 36.1 Å². The smallest absolute Gasteiger partial charge is 0.242 e. The van der Waals surface area contributed by atoms with Crippen LogP contribution in [0.15, 0.2) is 48.5 Å². The third kappa shape index (κ3) is 7.86. The van der Waals surface area contributed by atoms with Crippen LogP contribution < -0.4 is 5.32 Å². The second-order valence-corrected chi connectivity index (χ2v) is 8.66. The molecular weight excluding hydrogens is 435 g/mol. The molecule has 0 saturated heterocycles. The average molecular weight is 465 g/mol. The van der Waals surface area contributed by atoms with Crippen molar-refractivity contribution in [2.75, 3.05) is 12.3 Å². The van der Waals surface area contributed by atoms with E-state index in [1.807, 2.05) is 25.1 Å². The number of hydrogen-bond acceptors (Lipinski definition) is 3. The Morgan fingerprint density at radius 1 is 1.10 bits per heavy atom. The zero-order chi connectivity index (χ0) is 22.6. The van der Waals surface area contributed by atoms with E-state index in [0.29, 0.717) is 29.3 Å². The highest BCUT2D eigenvalue weighted by Crippen LogP contribution is 2.22. The molecule has 2 aromatic rings. The molecule has 2 rings (SSSR count). The first-order valence-corrected chi connectivity index (χ1v) is 12.1. The summed E-state index contributed by atoms with van der Waals surface area (Å²) in [6.45, 7) is 4.79. The first-order valence-electron chi connectivity index (χ1n) is 10.6. The minimum Gasteiger partial charge on any atom is -0.354 e. The number of hydrogen-bond donors (Lipinski definition) is 1. The Bertz CT molecular complexity index is 865. The number of nitrogens with zero attached hydrogens (tertiary/aromatic N) is 1. The summed E-state index contributed by atoms with van der Waals surface area (Å²) in [4.78, 5) is 27.6. The number of halogens is 2. The van der Waals surface area contributed by atoms with Crippen LogP contribution in [0.5, 0.6) is 0 Å². The molecule has 0 spiro atoms. The SMILES string of the molecule is CCCCNC(=O)[C@@H](CC)N(Cc1ccccc1Cl)C(=O)CSCc1ccccc1F. The number of carbonyl (C=O) groups is 2. The molecule has 0 unspecified atom stereocenters. The van der Waals surface area contributed by atoms with Crippen LogP contribution in [0.25, 0.3) is 0 Å². The Balaban J connectivity index is 2.13. The van der Waals surface area contributed by atoms with Crippen LogP contribution in [0.2, 0.25) is 5.02 Å². The van der Waals surface area contributed by atoms with Gasteiger partial charge in [0.15, 0.2) is 0 Å². The fraction of sp³-hybridized carbons (Fsp3) is 0.417. The lowest BCUT2D eigenvalue weighted by molar-refractivity contribution is -0.139. The Kier molecular flexibility index (Phi) is 10.9. The Morgan fingerprint density at radius 2 is 1.77 bits per heavy atom. The summed E-state index contributed by atoms with van der Waals surface area (Å²) >= 11 is 7.66. The molecule has 1 atom stereocenters. The molecule has 1 N–H and O–H groups in total. The van der Waals surface area contributed by atoms with E-state index >= 15 is 0 Å². The molecule has 0 bridgehead atoms. The van der Waals surface area contributed by atoms with E-state index in [4.69, 9.17) is 11.6 Å². The molecule has 4 nitrogen and oxygen atoms in total. The molecule has 0 aliphatic heterocycles. The van der Waals surface area contributed by atoms with Crippen molar-refractivity contribution in [1.82, 2.24) is 10.2 Å². The van der Waals surface area contributed by atoms with Crippen molar-refractivity contribution >= 4 is 35.2 Å². The number of carbonyl (C=O) groups excluding carboxylic acids is 2. The molecular formula is C24H30ClFN2O2S.